The molecule has 0 N–H and O–H groups in total. The highest BCUT2D eigenvalue weighted by atomic mass is 16.5. The van der Waals surface area contributed by atoms with Crippen LogP contribution in [0.15, 0.2) is 36.5 Å². The molecule has 0 aliphatic carbocycles. The van der Waals surface area contributed by atoms with Crippen molar-refractivity contribution in [3.63, 3.8) is 0 Å². The molecule has 1 amide bonds. The third-order valence-corrected chi connectivity index (χ3v) is 5.81. The summed E-state index contributed by atoms with van der Waals surface area (Å²) in [7, 11) is 5.13. The van der Waals surface area contributed by atoms with E-state index in [1.54, 1.807) is 26.5 Å². The molecule has 4 rings (SSSR count). The zero-order valence-electron chi connectivity index (χ0n) is 16.1. The van der Waals surface area contributed by atoms with E-state index in [0.29, 0.717) is 24.6 Å². The number of likely N-dealkylation sites (tertiary alicyclic amines) is 1. The van der Waals surface area contributed by atoms with Crippen LogP contribution in [-0.2, 0) is 16.8 Å². The summed E-state index contributed by atoms with van der Waals surface area (Å²) in [6, 6.07) is 9.95. The highest BCUT2D eigenvalue weighted by Gasteiger charge is 2.51. The van der Waals surface area contributed by atoms with Gasteiger partial charge in [-0.3, -0.25) is 14.7 Å². The van der Waals surface area contributed by atoms with E-state index < -0.39 is 5.41 Å². The molecule has 6 nitrogen and oxygen atoms in total. The Hall–Kier alpha value is -2.60. The maximum Gasteiger partial charge on any atom is 0.238 e. The third kappa shape index (κ3) is 2.75. The molecular formula is C21H25N3O3. The number of likely N-dealkylation sites (N-methyl/N-ethyl adjacent to an activating group) is 1. The van der Waals surface area contributed by atoms with Crippen LogP contribution in [0.2, 0.25) is 0 Å². The SMILES string of the molecule is COc1ccnc(CN2CCCC3(C2)C(=O)N(C)c2ccccc23)c1OC. The number of aromatic nitrogens is 1. The van der Waals surface area contributed by atoms with Crippen LogP contribution >= 0.6 is 0 Å². The lowest BCUT2D eigenvalue weighted by Gasteiger charge is -2.39. The molecule has 3 heterocycles. The van der Waals surface area contributed by atoms with Crippen molar-refractivity contribution in [2.45, 2.75) is 24.8 Å². The molecule has 1 atom stereocenters. The molecule has 1 spiro atoms. The lowest BCUT2D eigenvalue weighted by atomic mass is 9.75. The molecule has 1 unspecified atom stereocenters. The Morgan fingerprint density at radius 2 is 2.00 bits per heavy atom. The number of carbonyl (C=O) groups is 1. The number of hydrogen-bond acceptors (Lipinski definition) is 5. The number of ether oxygens (including phenoxy) is 2. The summed E-state index contributed by atoms with van der Waals surface area (Å²) in [5.41, 5.74) is 2.55. The summed E-state index contributed by atoms with van der Waals surface area (Å²) in [6.45, 7) is 2.25. The van der Waals surface area contributed by atoms with E-state index >= 15 is 0 Å². The zero-order chi connectivity index (χ0) is 19.0. The van der Waals surface area contributed by atoms with Crippen molar-refractivity contribution in [2.75, 3.05) is 39.3 Å². The number of para-hydroxylation sites is 1. The molecular weight excluding hydrogens is 342 g/mol. The fourth-order valence-electron chi connectivity index (χ4n) is 4.57. The van der Waals surface area contributed by atoms with Crippen LogP contribution in [0.1, 0.15) is 24.1 Å². The van der Waals surface area contributed by atoms with Gasteiger partial charge in [-0.25, -0.2) is 0 Å². The van der Waals surface area contributed by atoms with Gasteiger partial charge in [0.05, 0.1) is 19.6 Å². The maximum absolute atomic E-state index is 13.2. The molecule has 2 aliphatic heterocycles. The minimum absolute atomic E-state index is 0.193. The lowest BCUT2D eigenvalue weighted by Crippen LogP contribution is -2.51. The van der Waals surface area contributed by atoms with Crippen molar-refractivity contribution >= 4 is 11.6 Å². The van der Waals surface area contributed by atoms with E-state index in [1.807, 2.05) is 30.1 Å². The zero-order valence-corrected chi connectivity index (χ0v) is 16.1. The molecule has 2 aromatic rings. The number of carbonyl (C=O) groups excluding carboxylic acids is 1. The third-order valence-electron chi connectivity index (χ3n) is 5.81. The Labute approximate surface area is 159 Å². The second kappa shape index (κ2) is 6.85. The molecule has 0 saturated carbocycles. The minimum atomic E-state index is -0.463. The van der Waals surface area contributed by atoms with Crippen molar-refractivity contribution in [3.05, 3.63) is 47.8 Å². The number of piperidine rings is 1. The van der Waals surface area contributed by atoms with Crippen LogP contribution in [0, 0.1) is 0 Å². The first kappa shape index (κ1) is 17.8. The maximum atomic E-state index is 13.2. The van der Waals surface area contributed by atoms with Crippen LogP contribution in [0.25, 0.3) is 0 Å². The van der Waals surface area contributed by atoms with Gasteiger partial charge < -0.3 is 14.4 Å². The molecule has 2 aliphatic rings. The number of nitrogens with zero attached hydrogens (tertiary/aromatic N) is 3. The molecule has 1 saturated heterocycles. The van der Waals surface area contributed by atoms with E-state index in [1.165, 1.54) is 0 Å². The number of hydrogen-bond donors (Lipinski definition) is 0. The number of benzene rings is 1. The van der Waals surface area contributed by atoms with Gasteiger partial charge in [0.1, 0.15) is 5.69 Å². The molecule has 1 aromatic heterocycles. The lowest BCUT2D eigenvalue weighted by molar-refractivity contribution is -0.125. The number of anilines is 1. The quantitative estimate of drug-likeness (QED) is 0.831. The smallest absolute Gasteiger partial charge is 0.238 e. The van der Waals surface area contributed by atoms with Gasteiger partial charge in [-0.2, -0.15) is 0 Å². The molecule has 1 fully saturated rings. The van der Waals surface area contributed by atoms with Gasteiger partial charge in [0.15, 0.2) is 11.5 Å². The first-order valence-electron chi connectivity index (χ1n) is 9.26. The topological polar surface area (TPSA) is 54.9 Å². The Bertz CT molecular complexity index is 870. The number of pyridine rings is 1. The number of fused-ring (bicyclic) bond motifs is 2. The average Bonchev–Trinajstić information content (AvgIpc) is 2.90. The van der Waals surface area contributed by atoms with Crippen LogP contribution < -0.4 is 14.4 Å². The second-order valence-corrected chi connectivity index (χ2v) is 7.27. The normalized spacial score (nSPS) is 22.2. The standard InChI is InChI=1S/C21H25N3O3/c1-23-17-8-5-4-7-15(17)21(20(23)25)10-6-12-24(14-21)13-16-19(27-3)18(26-2)9-11-22-16/h4-5,7-9,11H,6,10,12-14H2,1-3H3. The molecule has 0 bridgehead atoms. The van der Waals surface area contributed by atoms with Crippen molar-refractivity contribution in [2.24, 2.45) is 0 Å². The van der Waals surface area contributed by atoms with Gasteiger partial charge in [0.2, 0.25) is 5.91 Å². The first-order valence-corrected chi connectivity index (χ1v) is 9.26. The van der Waals surface area contributed by atoms with Crippen LogP contribution in [0.4, 0.5) is 5.69 Å². The Kier molecular flexibility index (Phi) is 4.52. The van der Waals surface area contributed by atoms with E-state index in [-0.39, 0.29) is 5.91 Å². The highest BCUT2D eigenvalue weighted by Crippen LogP contribution is 2.46. The molecule has 142 valence electrons. The van der Waals surface area contributed by atoms with E-state index in [4.69, 9.17) is 9.47 Å². The van der Waals surface area contributed by atoms with Gasteiger partial charge in [0, 0.05) is 38.1 Å². The summed E-state index contributed by atoms with van der Waals surface area (Å²) in [5.74, 6) is 1.53. The minimum Gasteiger partial charge on any atom is -0.493 e. The summed E-state index contributed by atoms with van der Waals surface area (Å²) >= 11 is 0. The summed E-state index contributed by atoms with van der Waals surface area (Å²) in [5, 5.41) is 0. The Morgan fingerprint density at radius 3 is 2.78 bits per heavy atom. The molecule has 1 aromatic carbocycles. The van der Waals surface area contributed by atoms with Gasteiger partial charge in [-0.15, -0.1) is 0 Å². The van der Waals surface area contributed by atoms with Gasteiger partial charge in [-0.1, -0.05) is 18.2 Å². The van der Waals surface area contributed by atoms with E-state index in [0.717, 1.165) is 36.3 Å². The van der Waals surface area contributed by atoms with Gasteiger partial charge in [-0.05, 0) is 31.0 Å². The summed E-state index contributed by atoms with van der Waals surface area (Å²) < 4.78 is 10.9. The predicted octanol–water partition coefficient (Wildman–Crippen LogP) is 2.61. The monoisotopic (exact) mass is 367 g/mol. The van der Waals surface area contributed by atoms with Gasteiger partial charge >= 0.3 is 0 Å². The Morgan fingerprint density at radius 1 is 1.19 bits per heavy atom. The largest absolute Gasteiger partial charge is 0.493 e. The number of amides is 1. The van der Waals surface area contributed by atoms with E-state index in [9.17, 15) is 4.79 Å². The van der Waals surface area contributed by atoms with Crippen LogP contribution in [0.3, 0.4) is 0 Å². The second-order valence-electron chi connectivity index (χ2n) is 7.27. The fourth-order valence-corrected chi connectivity index (χ4v) is 4.57. The number of rotatable bonds is 4. The number of methoxy groups -OCH3 is 2. The average molecular weight is 367 g/mol. The van der Waals surface area contributed by atoms with Crippen molar-refractivity contribution in [3.8, 4) is 11.5 Å². The highest BCUT2D eigenvalue weighted by molar-refractivity contribution is 6.08. The molecule has 6 heteroatoms. The van der Waals surface area contributed by atoms with Crippen LogP contribution in [0.5, 0.6) is 11.5 Å². The first-order chi connectivity index (χ1) is 13.1. The van der Waals surface area contributed by atoms with Gasteiger partial charge in [0.25, 0.3) is 0 Å². The summed E-state index contributed by atoms with van der Waals surface area (Å²) in [6.07, 6.45) is 3.59. The van der Waals surface area contributed by atoms with E-state index in [2.05, 4.69) is 16.0 Å². The van der Waals surface area contributed by atoms with Crippen LogP contribution in [-0.4, -0.2) is 50.1 Å². The molecule has 27 heavy (non-hydrogen) atoms. The summed E-state index contributed by atoms with van der Waals surface area (Å²) in [4.78, 5) is 21.8. The van der Waals surface area contributed by atoms with Crippen molar-refractivity contribution < 1.29 is 14.3 Å². The van der Waals surface area contributed by atoms with Crippen molar-refractivity contribution in [1.82, 2.24) is 9.88 Å². The fraction of sp³-hybridized carbons (Fsp3) is 0.429. The van der Waals surface area contributed by atoms with Crippen molar-refractivity contribution in [1.29, 1.82) is 0 Å². The molecule has 0 radical (unpaired) electrons. The Balaban J connectivity index is 1.64. The predicted molar refractivity (Wildman–Crippen MR) is 103 cm³/mol.